The quantitative estimate of drug-likeness (QED) is 0.386. The zero-order valence-corrected chi connectivity index (χ0v) is 24.1. The summed E-state index contributed by atoms with van der Waals surface area (Å²) in [6.45, 7) is 2.30. The van der Waals surface area contributed by atoms with Gasteiger partial charge in [0.05, 0.1) is 16.8 Å². The Morgan fingerprint density at radius 2 is 0.487 bits per heavy atom. The molecule has 1 saturated heterocycles. The van der Waals surface area contributed by atoms with Crippen LogP contribution in [0.2, 0.25) is 0 Å². The molecule has 13 aliphatic rings. The van der Waals surface area contributed by atoms with Gasteiger partial charge in [-0.05, 0) is 169 Å². The molecule has 6 heteroatoms. The Kier molecular flexibility index (Phi) is 5.24. The molecule has 6 nitrogen and oxygen atoms in total. The molecule has 216 valence electrons. The molecule has 0 aromatic rings. The smallest absolute Gasteiger partial charge is 0.103 e. The van der Waals surface area contributed by atoms with E-state index in [0.29, 0.717) is 0 Å². The minimum absolute atomic E-state index is 0.0742. The molecular weight excluding hydrogens is 486 g/mol. The van der Waals surface area contributed by atoms with E-state index in [-0.39, 0.29) is 16.8 Å². The van der Waals surface area contributed by atoms with Crippen molar-refractivity contribution in [2.24, 2.45) is 53.3 Å². The van der Waals surface area contributed by atoms with Crippen molar-refractivity contribution in [3.8, 4) is 0 Å². The summed E-state index contributed by atoms with van der Waals surface area (Å²) in [5.41, 5.74) is 0.223. The summed E-state index contributed by atoms with van der Waals surface area (Å²) < 4.78 is 0. The first-order valence-corrected chi connectivity index (χ1v) is 17.3. The van der Waals surface area contributed by atoms with Gasteiger partial charge in [-0.3, -0.25) is 14.5 Å². The van der Waals surface area contributed by atoms with Gasteiger partial charge in [0.2, 0.25) is 0 Å². The summed E-state index contributed by atoms with van der Waals surface area (Å²) in [6, 6.07) is 0. The van der Waals surface area contributed by atoms with Gasteiger partial charge < -0.3 is 0 Å². The minimum atomic E-state index is 0.0742. The first-order valence-electron chi connectivity index (χ1n) is 17.3. The molecule has 12 bridgehead atoms. The average Bonchev–Trinajstić information content (AvgIpc) is 2.80. The van der Waals surface area contributed by atoms with Crippen molar-refractivity contribution < 1.29 is 14.5 Å². The van der Waals surface area contributed by atoms with E-state index in [1.54, 1.807) is 0 Å². The third-order valence-electron chi connectivity index (χ3n) is 13.9. The van der Waals surface area contributed by atoms with Gasteiger partial charge in [0.25, 0.3) is 0 Å². The third-order valence-corrected chi connectivity index (χ3v) is 13.9. The van der Waals surface area contributed by atoms with E-state index in [1.165, 1.54) is 116 Å². The summed E-state index contributed by atoms with van der Waals surface area (Å²) >= 11 is 0. The monoisotopic (exact) mass is 537 g/mol. The van der Waals surface area contributed by atoms with E-state index < -0.39 is 0 Å². The molecule has 1 aliphatic heterocycles. The Labute approximate surface area is 235 Å². The molecule has 0 N–H and O–H groups in total. The van der Waals surface area contributed by atoms with Crippen molar-refractivity contribution in [3.63, 3.8) is 0 Å². The van der Waals surface area contributed by atoms with Gasteiger partial charge in [0.1, 0.15) is 20.0 Å². The number of nitrogens with zero attached hydrogens (tertiary/aromatic N) is 3. The van der Waals surface area contributed by atoms with Crippen LogP contribution in [-0.2, 0) is 14.5 Å². The molecule has 0 aromatic carbocycles. The van der Waals surface area contributed by atoms with Crippen LogP contribution in [0.3, 0.4) is 0 Å². The maximum atomic E-state index is 7.18. The Morgan fingerprint density at radius 1 is 0.308 bits per heavy atom. The molecule has 0 atom stereocenters. The lowest BCUT2D eigenvalue weighted by Crippen LogP contribution is -2.64. The molecule has 12 saturated carbocycles. The zero-order valence-electron chi connectivity index (χ0n) is 24.1. The zero-order chi connectivity index (χ0) is 25.4. The second-order valence-electron chi connectivity index (χ2n) is 17.4. The van der Waals surface area contributed by atoms with Gasteiger partial charge in [-0.15, -0.1) is 0 Å². The van der Waals surface area contributed by atoms with Gasteiger partial charge in [-0.25, -0.2) is 0 Å². The number of hydrogen-bond acceptors (Lipinski definition) is 6. The third kappa shape index (κ3) is 4.16. The van der Waals surface area contributed by atoms with Crippen molar-refractivity contribution in [1.29, 1.82) is 0 Å². The Balaban J connectivity index is 0.906. The standard InChI is InChI=1S/C33H51N3O3/c1-22-2-24-3-23(1)11-31(10-22,12-24)37-34-19-35(38-32-13-25-4-26(14-32)6-27(5-25)15-32)21-36(20-34)39-33-16-28-7-29(17-33)9-30(8-28)18-33/h22-30H,1-21H2. The topological polar surface area (TPSA) is 37.4 Å². The van der Waals surface area contributed by atoms with Crippen LogP contribution in [0.4, 0.5) is 0 Å². The highest BCUT2D eigenvalue weighted by atomic mass is 16.8. The van der Waals surface area contributed by atoms with Crippen molar-refractivity contribution >= 4 is 0 Å². The molecule has 13 fully saturated rings. The largest absolute Gasteiger partial charge is 0.290 e. The summed E-state index contributed by atoms with van der Waals surface area (Å²) in [5.74, 6) is 8.12. The van der Waals surface area contributed by atoms with Gasteiger partial charge in [0, 0.05) is 0 Å². The highest BCUT2D eigenvalue weighted by molar-refractivity contribution is 5.05. The number of hydrogen-bond donors (Lipinski definition) is 0. The van der Waals surface area contributed by atoms with Gasteiger partial charge >= 0.3 is 0 Å². The summed E-state index contributed by atoms with van der Waals surface area (Å²) in [4.78, 5) is 21.6. The van der Waals surface area contributed by atoms with Crippen LogP contribution in [0, 0.1) is 53.3 Å². The first kappa shape index (κ1) is 24.2. The lowest BCUT2D eigenvalue weighted by molar-refractivity contribution is -0.434. The summed E-state index contributed by atoms with van der Waals surface area (Å²) in [6.07, 6.45) is 24.7. The fraction of sp³-hybridized carbons (Fsp3) is 1.00. The maximum absolute atomic E-state index is 7.18. The SMILES string of the molecule is C1C2CC3CC1CC(ON1CN(OC45CC6CC(CC(C6)C4)C5)CN(OC45CC6CC(CC(C6)C4)C5)C1)(C2)C3. The lowest BCUT2D eigenvalue weighted by atomic mass is 9.54. The van der Waals surface area contributed by atoms with Crippen LogP contribution in [-0.4, -0.2) is 52.0 Å². The molecule has 39 heavy (non-hydrogen) atoms. The number of rotatable bonds is 6. The predicted octanol–water partition coefficient (Wildman–Crippen LogP) is 6.48. The van der Waals surface area contributed by atoms with Crippen molar-refractivity contribution in [2.45, 2.75) is 132 Å². The second kappa shape index (κ2) is 8.44. The molecule has 0 spiro atoms. The van der Waals surface area contributed by atoms with Gasteiger partial charge in [-0.2, -0.15) is 15.2 Å². The highest BCUT2D eigenvalue weighted by Gasteiger charge is 2.57. The molecule has 12 aliphatic carbocycles. The predicted molar refractivity (Wildman–Crippen MR) is 146 cm³/mol. The van der Waals surface area contributed by atoms with E-state index in [4.69, 9.17) is 14.5 Å². The van der Waals surface area contributed by atoms with E-state index >= 15 is 0 Å². The highest BCUT2D eigenvalue weighted by Crippen LogP contribution is 2.60. The average molecular weight is 538 g/mol. The summed E-state index contributed by atoms with van der Waals surface area (Å²) in [7, 11) is 0. The second-order valence-corrected chi connectivity index (χ2v) is 17.4. The molecule has 0 unspecified atom stereocenters. The molecule has 1 heterocycles. The van der Waals surface area contributed by atoms with Crippen LogP contribution >= 0.6 is 0 Å². The fourth-order valence-corrected chi connectivity index (χ4v) is 14.1. The van der Waals surface area contributed by atoms with Crippen LogP contribution in [0.5, 0.6) is 0 Å². The van der Waals surface area contributed by atoms with E-state index in [1.807, 2.05) is 0 Å². The van der Waals surface area contributed by atoms with Crippen molar-refractivity contribution in [2.75, 3.05) is 20.0 Å². The van der Waals surface area contributed by atoms with Gasteiger partial charge in [0.15, 0.2) is 0 Å². The van der Waals surface area contributed by atoms with Crippen LogP contribution in [0.25, 0.3) is 0 Å². The molecule has 0 radical (unpaired) electrons. The molecular formula is C33H51N3O3. The fourth-order valence-electron chi connectivity index (χ4n) is 14.1. The van der Waals surface area contributed by atoms with Crippen LogP contribution in [0.15, 0.2) is 0 Å². The molecule has 0 amide bonds. The lowest BCUT2D eigenvalue weighted by Gasteiger charge is -2.60. The van der Waals surface area contributed by atoms with E-state index in [2.05, 4.69) is 15.2 Å². The molecule has 13 rings (SSSR count). The molecule has 0 aromatic heterocycles. The van der Waals surface area contributed by atoms with E-state index in [9.17, 15) is 0 Å². The first-order chi connectivity index (χ1) is 18.9. The maximum Gasteiger partial charge on any atom is 0.103 e. The Morgan fingerprint density at radius 3 is 0.667 bits per heavy atom. The van der Waals surface area contributed by atoms with Crippen molar-refractivity contribution in [1.82, 2.24) is 15.2 Å². The van der Waals surface area contributed by atoms with Gasteiger partial charge in [-0.1, -0.05) is 0 Å². The normalized spacial score (nSPS) is 57.7. The minimum Gasteiger partial charge on any atom is -0.290 e. The Hall–Kier alpha value is -0.240. The summed E-state index contributed by atoms with van der Waals surface area (Å²) in [5, 5.41) is 6.87. The number of hydroxylamine groups is 6. The van der Waals surface area contributed by atoms with Crippen LogP contribution in [0.1, 0.15) is 116 Å². The Bertz CT molecular complexity index is 763. The van der Waals surface area contributed by atoms with E-state index in [0.717, 1.165) is 73.3 Å². The van der Waals surface area contributed by atoms with Crippen LogP contribution < -0.4 is 0 Å². The van der Waals surface area contributed by atoms with Crippen molar-refractivity contribution in [3.05, 3.63) is 0 Å².